The van der Waals surface area contributed by atoms with E-state index in [1.54, 1.807) is 17.2 Å². The van der Waals surface area contributed by atoms with Gasteiger partial charge in [-0.05, 0) is 35.8 Å². The van der Waals surface area contributed by atoms with Gasteiger partial charge in [0.1, 0.15) is 5.69 Å². The van der Waals surface area contributed by atoms with Crippen LogP contribution in [-0.2, 0) is 0 Å². The molecule has 0 bridgehead atoms. The predicted molar refractivity (Wildman–Crippen MR) is 64.9 cm³/mol. The third kappa shape index (κ3) is 3.23. The topological polar surface area (TPSA) is 36.1 Å². The zero-order valence-electron chi connectivity index (χ0n) is 9.01. The number of rotatable bonds is 4. The van der Waals surface area contributed by atoms with Gasteiger partial charge in [-0.1, -0.05) is 12.2 Å². The monoisotopic (exact) mass is 270 g/mol. The third-order valence-corrected chi connectivity index (χ3v) is 2.47. The van der Waals surface area contributed by atoms with Gasteiger partial charge < -0.3 is 9.88 Å². The standard InChI is InChI=1S/C11H15BrN2O/c1-4-14(7-8(2)3)11(15)10-5-9(12)6-13-10/h5-6,13H,2,4,7H2,1,3H3. The quantitative estimate of drug-likeness (QED) is 0.840. The first-order chi connectivity index (χ1) is 7.04. The summed E-state index contributed by atoms with van der Waals surface area (Å²) in [5, 5.41) is 0. The molecule has 0 saturated carbocycles. The second-order valence-corrected chi connectivity index (χ2v) is 4.42. The summed E-state index contributed by atoms with van der Waals surface area (Å²) in [4.78, 5) is 16.6. The van der Waals surface area contributed by atoms with E-state index < -0.39 is 0 Å². The Kier molecular flexibility index (Phi) is 4.15. The van der Waals surface area contributed by atoms with Crippen molar-refractivity contribution in [1.82, 2.24) is 9.88 Å². The molecule has 0 aliphatic carbocycles. The van der Waals surface area contributed by atoms with E-state index in [-0.39, 0.29) is 5.91 Å². The molecule has 15 heavy (non-hydrogen) atoms. The summed E-state index contributed by atoms with van der Waals surface area (Å²) in [6.45, 7) is 8.97. The Balaban J connectivity index is 2.77. The number of halogens is 1. The fourth-order valence-electron chi connectivity index (χ4n) is 1.31. The average Bonchev–Trinajstić information content (AvgIpc) is 2.60. The fraction of sp³-hybridized carbons (Fsp3) is 0.364. The van der Waals surface area contributed by atoms with Crippen molar-refractivity contribution < 1.29 is 4.79 Å². The van der Waals surface area contributed by atoms with Crippen molar-refractivity contribution in [2.75, 3.05) is 13.1 Å². The molecule has 3 nitrogen and oxygen atoms in total. The molecule has 1 amide bonds. The lowest BCUT2D eigenvalue weighted by Gasteiger charge is -2.20. The number of amides is 1. The number of aromatic amines is 1. The molecule has 0 atom stereocenters. The Hall–Kier alpha value is -1.03. The number of nitrogens with zero attached hydrogens (tertiary/aromatic N) is 1. The molecule has 0 aliphatic rings. The SMILES string of the molecule is C=C(C)CN(CC)C(=O)c1cc(Br)c[nH]1. The van der Waals surface area contributed by atoms with Crippen LogP contribution in [0.4, 0.5) is 0 Å². The highest BCUT2D eigenvalue weighted by Crippen LogP contribution is 2.12. The maximum atomic E-state index is 12.0. The van der Waals surface area contributed by atoms with Crippen LogP contribution in [0.2, 0.25) is 0 Å². The molecule has 4 heteroatoms. The van der Waals surface area contributed by atoms with Crippen molar-refractivity contribution in [2.24, 2.45) is 0 Å². The minimum Gasteiger partial charge on any atom is -0.356 e. The zero-order valence-corrected chi connectivity index (χ0v) is 10.6. The van der Waals surface area contributed by atoms with E-state index in [0.29, 0.717) is 18.8 Å². The van der Waals surface area contributed by atoms with Crippen LogP contribution >= 0.6 is 15.9 Å². The van der Waals surface area contributed by atoms with Gasteiger partial charge in [-0.2, -0.15) is 0 Å². The lowest BCUT2D eigenvalue weighted by Crippen LogP contribution is -2.32. The van der Waals surface area contributed by atoms with Crippen molar-refractivity contribution >= 4 is 21.8 Å². The third-order valence-electron chi connectivity index (χ3n) is 2.01. The Labute approximate surface area is 98.3 Å². The largest absolute Gasteiger partial charge is 0.356 e. The van der Waals surface area contributed by atoms with Crippen molar-refractivity contribution in [2.45, 2.75) is 13.8 Å². The van der Waals surface area contributed by atoms with Crippen molar-refractivity contribution in [3.05, 3.63) is 34.6 Å². The number of likely N-dealkylation sites (N-methyl/N-ethyl adjacent to an activating group) is 1. The molecule has 0 saturated heterocycles. The number of nitrogens with one attached hydrogen (secondary N) is 1. The molecule has 0 spiro atoms. The number of carbonyl (C=O) groups excluding carboxylic acids is 1. The van der Waals surface area contributed by atoms with Crippen LogP contribution in [-0.4, -0.2) is 28.9 Å². The maximum Gasteiger partial charge on any atom is 0.270 e. The minimum atomic E-state index is 0.00574. The normalized spacial score (nSPS) is 10.1. The number of carbonyl (C=O) groups is 1. The molecular weight excluding hydrogens is 256 g/mol. The van der Waals surface area contributed by atoms with Crippen LogP contribution < -0.4 is 0 Å². The Bertz CT molecular complexity index is 370. The summed E-state index contributed by atoms with van der Waals surface area (Å²) in [5.74, 6) is 0.00574. The highest BCUT2D eigenvalue weighted by molar-refractivity contribution is 9.10. The van der Waals surface area contributed by atoms with Crippen molar-refractivity contribution in [1.29, 1.82) is 0 Å². The number of aromatic nitrogens is 1. The van der Waals surface area contributed by atoms with Crippen LogP contribution in [0.25, 0.3) is 0 Å². The first-order valence-corrected chi connectivity index (χ1v) is 5.61. The highest BCUT2D eigenvalue weighted by Gasteiger charge is 2.15. The van der Waals surface area contributed by atoms with Gasteiger partial charge >= 0.3 is 0 Å². The van der Waals surface area contributed by atoms with Gasteiger partial charge in [0.15, 0.2) is 0 Å². The van der Waals surface area contributed by atoms with Gasteiger partial charge in [-0.3, -0.25) is 4.79 Å². The molecule has 82 valence electrons. The van der Waals surface area contributed by atoms with Gasteiger partial charge in [0.05, 0.1) is 0 Å². The van der Waals surface area contributed by atoms with Crippen LogP contribution in [0, 0.1) is 0 Å². The second-order valence-electron chi connectivity index (χ2n) is 3.51. The molecule has 0 fully saturated rings. The van der Waals surface area contributed by atoms with Gasteiger partial charge in [0.2, 0.25) is 0 Å². The Morgan fingerprint density at radius 1 is 1.67 bits per heavy atom. The molecule has 0 radical (unpaired) electrons. The van der Waals surface area contributed by atoms with E-state index in [2.05, 4.69) is 27.5 Å². The van der Waals surface area contributed by atoms with Crippen LogP contribution in [0.1, 0.15) is 24.3 Å². The predicted octanol–water partition coefficient (Wildman–Crippen LogP) is 2.82. The summed E-state index contributed by atoms with van der Waals surface area (Å²) in [7, 11) is 0. The highest BCUT2D eigenvalue weighted by atomic mass is 79.9. The van der Waals surface area contributed by atoms with Gasteiger partial charge in [-0.25, -0.2) is 0 Å². The summed E-state index contributed by atoms with van der Waals surface area (Å²) < 4.78 is 0.886. The van der Waals surface area contributed by atoms with E-state index in [0.717, 1.165) is 10.0 Å². The van der Waals surface area contributed by atoms with E-state index in [9.17, 15) is 4.79 Å². The Morgan fingerprint density at radius 2 is 2.33 bits per heavy atom. The Morgan fingerprint density at radius 3 is 2.73 bits per heavy atom. The summed E-state index contributed by atoms with van der Waals surface area (Å²) >= 11 is 3.30. The van der Waals surface area contributed by atoms with Gasteiger partial charge in [-0.15, -0.1) is 0 Å². The van der Waals surface area contributed by atoms with E-state index in [1.165, 1.54) is 0 Å². The molecule has 0 aliphatic heterocycles. The number of hydrogen-bond donors (Lipinski definition) is 1. The molecule has 1 heterocycles. The number of hydrogen-bond acceptors (Lipinski definition) is 1. The molecule has 1 N–H and O–H groups in total. The summed E-state index contributed by atoms with van der Waals surface area (Å²) in [6.07, 6.45) is 1.75. The first kappa shape index (κ1) is 12.0. The van der Waals surface area contributed by atoms with E-state index >= 15 is 0 Å². The zero-order chi connectivity index (χ0) is 11.4. The molecule has 1 aromatic rings. The minimum absolute atomic E-state index is 0.00574. The van der Waals surface area contributed by atoms with Crippen LogP contribution in [0.15, 0.2) is 28.9 Å². The molecule has 0 aromatic carbocycles. The summed E-state index contributed by atoms with van der Waals surface area (Å²) in [5.41, 5.74) is 1.58. The van der Waals surface area contributed by atoms with Crippen LogP contribution in [0.3, 0.4) is 0 Å². The van der Waals surface area contributed by atoms with Crippen molar-refractivity contribution in [3.8, 4) is 0 Å². The average molecular weight is 271 g/mol. The fourth-order valence-corrected chi connectivity index (χ4v) is 1.66. The molecular formula is C11H15BrN2O. The van der Waals surface area contributed by atoms with E-state index in [1.807, 2.05) is 13.8 Å². The van der Waals surface area contributed by atoms with E-state index in [4.69, 9.17) is 0 Å². The van der Waals surface area contributed by atoms with Crippen molar-refractivity contribution in [3.63, 3.8) is 0 Å². The molecule has 1 rings (SSSR count). The summed E-state index contributed by atoms with van der Waals surface area (Å²) in [6, 6.07) is 1.78. The first-order valence-electron chi connectivity index (χ1n) is 4.82. The molecule has 1 aromatic heterocycles. The van der Waals surface area contributed by atoms with Gasteiger partial charge in [0.25, 0.3) is 5.91 Å². The lowest BCUT2D eigenvalue weighted by atomic mass is 10.3. The second kappa shape index (κ2) is 5.16. The van der Waals surface area contributed by atoms with Gasteiger partial charge in [0, 0.05) is 23.8 Å². The molecule has 0 unspecified atom stereocenters. The maximum absolute atomic E-state index is 12.0. The number of H-pyrrole nitrogens is 1. The lowest BCUT2D eigenvalue weighted by molar-refractivity contribution is 0.0773. The smallest absolute Gasteiger partial charge is 0.270 e. The van der Waals surface area contributed by atoms with Crippen LogP contribution in [0.5, 0.6) is 0 Å².